The van der Waals surface area contributed by atoms with Crippen molar-refractivity contribution in [2.24, 2.45) is 7.05 Å². The van der Waals surface area contributed by atoms with Gasteiger partial charge in [0.15, 0.2) is 0 Å². The van der Waals surface area contributed by atoms with E-state index in [1.165, 1.54) is 5.56 Å². The number of aromatic nitrogens is 2. The number of carbonyl (C=O) groups is 1. The number of carbonyl (C=O) groups excluding carboxylic acids is 1. The van der Waals surface area contributed by atoms with Crippen LogP contribution in [-0.4, -0.2) is 70.0 Å². The van der Waals surface area contributed by atoms with E-state index >= 15 is 0 Å². The van der Waals surface area contributed by atoms with Crippen molar-refractivity contribution in [2.75, 3.05) is 32.8 Å². The fourth-order valence-electron chi connectivity index (χ4n) is 4.50. The highest BCUT2D eigenvalue weighted by molar-refractivity contribution is 5.74. The van der Waals surface area contributed by atoms with Crippen molar-refractivity contribution >= 4 is 6.03 Å². The Labute approximate surface area is 149 Å². The first kappa shape index (κ1) is 16.8. The van der Waals surface area contributed by atoms with E-state index in [-0.39, 0.29) is 17.7 Å². The van der Waals surface area contributed by atoms with Gasteiger partial charge in [0.1, 0.15) is 0 Å². The maximum Gasteiger partial charge on any atom is 0.317 e. The van der Waals surface area contributed by atoms with E-state index in [0.717, 1.165) is 71.4 Å². The Morgan fingerprint density at radius 2 is 2.24 bits per heavy atom. The summed E-state index contributed by atoms with van der Waals surface area (Å²) in [4.78, 5) is 16.8. The molecule has 0 aromatic carbocycles. The van der Waals surface area contributed by atoms with Gasteiger partial charge in [0, 0.05) is 64.2 Å². The molecule has 2 amide bonds. The maximum atomic E-state index is 12.4. The second-order valence-corrected chi connectivity index (χ2v) is 7.85. The van der Waals surface area contributed by atoms with Crippen LogP contribution in [0.4, 0.5) is 4.79 Å². The molecule has 3 aliphatic heterocycles. The first-order valence-electron chi connectivity index (χ1n) is 9.51. The smallest absolute Gasteiger partial charge is 0.317 e. The zero-order valence-corrected chi connectivity index (χ0v) is 15.1. The fraction of sp³-hybridized carbons (Fsp3) is 0.778. The van der Waals surface area contributed by atoms with Crippen molar-refractivity contribution < 1.29 is 9.53 Å². The summed E-state index contributed by atoms with van der Waals surface area (Å²) in [7, 11) is 1.95. The molecule has 7 heteroatoms. The second-order valence-electron chi connectivity index (χ2n) is 7.85. The Morgan fingerprint density at radius 3 is 3.00 bits per heavy atom. The van der Waals surface area contributed by atoms with Crippen LogP contribution in [0.3, 0.4) is 0 Å². The van der Waals surface area contributed by atoms with Gasteiger partial charge in [0.05, 0.1) is 11.8 Å². The number of likely N-dealkylation sites (tertiary alicyclic amines) is 2. The molecule has 1 N–H and O–H groups in total. The van der Waals surface area contributed by atoms with Crippen LogP contribution in [0.2, 0.25) is 0 Å². The molecule has 0 unspecified atom stereocenters. The molecule has 0 saturated carbocycles. The molecule has 7 nitrogen and oxygen atoms in total. The third-order valence-corrected chi connectivity index (χ3v) is 5.77. The molecule has 138 valence electrons. The summed E-state index contributed by atoms with van der Waals surface area (Å²) in [6.45, 7) is 5.45. The molecule has 4 rings (SSSR count). The van der Waals surface area contributed by atoms with E-state index in [1.807, 2.05) is 22.8 Å². The number of nitrogens with zero attached hydrogens (tertiary/aromatic N) is 4. The normalized spacial score (nSPS) is 30.3. The summed E-state index contributed by atoms with van der Waals surface area (Å²) >= 11 is 0. The van der Waals surface area contributed by atoms with Crippen LogP contribution in [0.25, 0.3) is 0 Å². The van der Waals surface area contributed by atoms with Crippen LogP contribution in [-0.2, 0) is 18.3 Å². The molecule has 25 heavy (non-hydrogen) atoms. The number of ether oxygens (including phenoxy) is 1. The minimum atomic E-state index is -0.0938. The van der Waals surface area contributed by atoms with Gasteiger partial charge in [-0.05, 0) is 32.1 Å². The molecular weight excluding hydrogens is 318 g/mol. The van der Waals surface area contributed by atoms with Crippen molar-refractivity contribution in [3.63, 3.8) is 0 Å². The molecule has 1 aromatic heterocycles. The molecule has 0 aliphatic carbocycles. The Balaban J connectivity index is 1.32. The quantitative estimate of drug-likeness (QED) is 0.897. The number of hydrogen-bond acceptors (Lipinski definition) is 4. The Kier molecular flexibility index (Phi) is 4.69. The second kappa shape index (κ2) is 6.96. The summed E-state index contributed by atoms with van der Waals surface area (Å²) in [5.74, 6) is 0. The van der Waals surface area contributed by atoms with Crippen LogP contribution in [0.1, 0.15) is 37.7 Å². The molecule has 3 saturated heterocycles. The molecule has 1 aromatic rings. The largest absolute Gasteiger partial charge is 0.373 e. The van der Waals surface area contributed by atoms with E-state index in [0.29, 0.717) is 0 Å². The topological polar surface area (TPSA) is 62.6 Å². The average Bonchev–Trinajstić information content (AvgIpc) is 3.31. The first-order chi connectivity index (χ1) is 12.1. The highest BCUT2D eigenvalue weighted by atomic mass is 16.5. The number of urea groups is 1. The van der Waals surface area contributed by atoms with Crippen LogP contribution < -0.4 is 5.32 Å². The van der Waals surface area contributed by atoms with Gasteiger partial charge in [-0.25, -0.2) is 4.79 Å². The van der Waals surface area contributed by atoms with Crippen molar-refractivity contribution in [3.05, 3.63) is 18.0 Å². The van der Waals surface area contributed by atoms with Crippen LogP contribution in [0.15, 0.2) is 12.4 Å². The Bertz CT molecular complexity index is 612. The standard InChI is InChI=1S/C18H29N5O2/c1-21-12-15(11-19-21)13-22-8-5-18(14-22)10-16(4-9-25-18)20-17(24)23-6-2-3-7-23/h11-12,16H,2-10,13-14H2,1H3,(H,20,24)/t16-,18+/m0/s1. The van der Waals surface area contributed by atoms with E-state index in [4.69, 9.17) is 4.74 Å². The van der Waals surface area contributed by atoms with Crippen LogP contribution in [0.5, 0.6) is 0 Å². The maximum absolute atomic E-state index is 12.4. The predicted molar refractivity (Wildman–Crippen MR) is 94.1 cm³/mol. The van der Waals surface area contributed by atoms with Gasteiger partial charge in [-0.3, -0.25) is 9.58 Å². The SMILES string of the molecule is Cn1cc(CN2CC[C@@]3(C[C@@H](NC(=O)N4CCCC4)CCO3)C2)cn1. The van der Waals surface area contributed by atoms with Crippen molar-refractivity contribution in [2.45, 2.75) is 50.3 Å². The monoisotopic (exact) mass is 347 g/mol. The van der Waals surface area contributed by atoms with Crippen LogP contribution in [0, 0.1) is 0 Å². The third-order valence-electron chi connectivity index (χ3n) is 5.77. The number of amides is 2. The van der Waals surface area contributed by atoms with Crippen LogP contribution >= 0.6 is 0 Å². The minimum absolute atomic E-state index is 0.0938. The summed E-state index contributed by atoms with van der Waals surface area (Å²) in [6.07, 6.45) is 9.17. The minimum Gasteiger partial charge on any atom is -0.373 e. The number of hydrogen-bond donors (Lipinski definition) is 1. The van der Waals surface area contributed by atoms with E-state index in [2.05, 4.69) is 21.5 Å². The molecule has 0 bridgehead atoms. The molecule has 1 spiro atoms. The predicted octanol–water partition coefficient (Wildman–Crippen LogP) is 1.35. The molecule has 4 heterocycles. The average molecular weight is 347 g/mol. The molecule has 3 fully saturated rings. The number of aryl methyl sites for hydroxylation is 1. The lowest BCUT2D eigenvalue weighted by atomic mass is 9.89. The number of nitrogens with one attached hydrogen (secondary N) is 1. The third kappa shape index (κ3) is 3.82. The van der Waals surface area contributed by atoms with E-state index in [1.54, 1.807) is 0 Å². The van der Waals surface area contributed by atoms with Gasteiger partial charge in [-0.15, -0.1) is 0 Å². The fourth-order valence-corrected chi connectivity index (χ4v) is 4.50. The molecular formula is C18H29N5O2. The van der Waals surface area contributed by atoms with Crippen molar-refractivity contribution in [1.29, 1.82) is 0 Å². The number of rotatable bonds is 3. The molecule has 3 aliphatic rings. The first-order valence-corrected chi connectivity index (χ1v) is 9.51. The Morgan fingerprint density at radius 1 is 1.40 bits per heavy atom. The van der Waals surface area contributed by atoms with Gasteiger partial charge in [0.2, 0.25) is 0 Å². The lowest BCUT2D eigenvalue weighted by Gasteiger charge is -2.39. The van der Waals surface area contributed by atoms with Gasteiger partial charge < -0.3 is 15.0 Å². The van der Waals surface area contributed by atoms with E-state index in [9.17, 15) is 4.79 Å². The lowest BCUT2D eigenvalue weighted by Crippen LogP contribution is -2.52. The molecule has 0 radical (unpaired) electrons. The van der Waals surface area contributed by atoms with Gasteiger partial charge in [0.25, 0.3) is 0 Å². The zero-order chi connectivity index (χ0) is 17.3. The summed E-state index contributed by atoms with van der Waals surface area (Å²) < 4.78 is 8.06. The van der Waals surface area contributed by atoms with Gasteiger partial charge in [-0.1, -0.05) is 0 Å². The summed E-state index contributed by atoms with van der Waals surface area (Å²) in [6, 6.07) is 0.352. The molecule has 2 atom stereocenters. The highest BCUT2D eigenvalue weighted by Crippen LogP contribution is 2.35. The van der Waals surface area contributed by atoms with Crippen molar-refractivity contribution in [3.8, 4) is 0 Å². The lowest BCUT2D eigenvalue weighted by molar-refractivity contribution is -0.0792. The summed E-state index contributed by atoms with van der Waals surface area (Å²) in [5, 5.41) is 7.51. The zero-order valence-electron chi connectivity index (χ0n) is 15.1. The van der Waals surface area contributed by atoms with Crippen molar-refractivity contribution in [1.82, 2.24) is 24.9 Å². The van der Waals surface area contributed by atoms with E-state index < -0.39 is 0 Å². The van der Waals surface area contributed by atoms with Gasteiger partial charge >= 0.3 is 6.03 Å². The highest BCUT2D eigenvalue weighted by Gasteiger charge is 2.43. The Hall–Kier alpha value is -1.60. The summed E-state index contributed by atoms with van der Waals surface area (Å²) in [5.41, 5.74) is 1.15. The van der Waals surface area contributed by atoms with Gasteiger partial charge in [-0.2, -0.15) is 5.10 Å².